The van der Waals surface area contributed by atoms with Gasteiger partial charge >= 0.3 is 0 Å². The van der Waals surface area contributed by atoms with E-state index in [-0.39, 0.29) is 17.8 Å². The van der Waals surface area contributed by atoms with Gasteiger partial charge in [0.1, 0.15) is 11.9 Å². The molecule has 5 rings (SSSR count). The van der Waals surface area contributed by atoms with Crippen LogP contribution in [-0.4, -0.2) is 36.6 Å². The van der Waals surface area contributed by atoms with Crippen LogP contribution in [0.4, 0.5) is 4.39 Å². The molecule has 1 saturated carbocycles. The largest absolute Gasteiger partial charge is 0.474 e. The Balaban J connectivity index is 1.53. The normalized spacial score (nSPS) is 31.5. The summed E-state index contributed by atoms with van der Waals surface area (Å²) in [7, 11) is 0. The monoisotopic (exact) mass is 367 g/mol. The number of carbonyl (C=O) groups excluding carboxylic acids is 1. The standard InChI is InChI=1S/C21H22FN3O2/c1-21(6-7-24-20(21)26)13-8-17(12-2-4-14(22)5-3-12)25-18(9-13)27-19-15-10-23-11-16(15)19/h2-5,8-9,15-16,19,23H,6-7,10-11H2,1H3,(H,24,26)/t15-,16+,19?,21?. The average Bonchev–Trinajstić information content (AvgIpc) is 3.00. The molecular weight excluding hydrogens is 345 g/mol. The first-order chi connectivity index (χ1) is 13.0. The Bertz CT molecular complexity index is 891. The third kappa shape index (κ3) is 2.79. The first-order valence-corrected chi connectivity index (χ1v) is 9.49. The van der Waals surface area contributed by atoms with Crippen molar-refractivity contribution in [3.8, 4) is 17.1 Å². The zero-order valence-corrected chi connectivity index (χ0v) is 15.2. The van der Waals surface area contributed by atoms with Gasteiger partial charge in [0.05, 0.1) is 11.1 Å². The molecule has 2 aliphatic heterocycles. The van der Waals surface area contributed by atoms with Crippen molar-refractivity contribution in [3.05, 3.63) is 47.8 Å². The number of carbonyl (C=O) groups is 1. The summed E-state index contributed by atoms with van der Waals surface area (Å²) >= 11 is 0. The molecule has 1 aromatic heterocycles. The quantitative estimate of drug-likeness (QED) is 0.870. The van der Waals surface area contributed by atoms with Crippen LogP contribution in [0.1, 0.15) is 18.9 Å². The number of pyridine rings is 1. The number of nitrogens with zero attached hydrogens (tertiary/aromatic N) is 1. The van der Waals surface area contributed by atoms with Gasteiger partial charge in [-0.3, -0.25) is 4.79 Å². The van der Waals surface area contributed by atoms with Gasteiger partial charge in [-0.2, -0.15) is 0 Å². The molecule has 4 atom stereocenters. The van der Waals surface area contributed by atoms with Crippen molar-refractivity contribution in [2.24, 2.45) is 11.8 Å². The van der Waals surface area contributed by atoms with Crippen LogP contribution in [0.3, 0.4) is 0 Å². The smallest absolute Gasteiger partial charge is 0.230 e. The minimum Gasteiger partial charge on any atom is -0.474 e. The lowest BCUT2D eigenvalue weighted by molar-refractivity contribution is -0.123. The van der Waals surface area contributed by atoms with Crippen molar-refractivity contribution < 1.29 is 13.9 Å². The zero-order chi connectivity index (χ0) is 18.6. The number of ether oxygens (including phenoxy) is 1. The van der Waals surface area contributed by atoms with Crippen LogP contribution in [0.25, 0.3) is 11.3 Å². The van der Waals surface area contributed by atoms with E-state index in [0.29, 0.717) is 30.0 Å². The summed E-state index contributed by atoms with van der Waals surface area (Å²) in [6, 6.07) is 10.1. The SMILES string of the molecule is CC1(c2cc(OC3[C@H]4CNC[C@@H]34)nc(-c3ccc(F)cc3)c2)CCNC1=O. The molecule has 2 N–H and O–H groups in total. The van der Waals surface area contributed by atoms with Crippen LogP contribution < -0.4 is 15.4 Å². The van der Waals surface area contributed by atoms with Gasteiger partial charge < -0.3 is 15.4 Å². The third-order valence-electron chi connectivity index (χ3n) is 6.26. The number of fused-ring (bicyclic) bond motifs is 1. The zero-order valence-electron chi connectivity index (χ0n) is 15.2. The predicted molar refractivity (Wildman–Crippen MR) is 98.9 cm³/mol. The highest BCUT2D eigenvalue weighted by Crippen LogP contribution is 2.45. The number of piperidine rings is 1. The van der Waals surface area contributed by atoms with Crippen LogP contribution in [0, 0.1) is 17.7 Å². The molecule has 0 radical (unpaired) electrons. The molecule has 6 heteroatoms. The van der Waals surface area contributed by atoms with Gasteiger partial charge in [0.15, 0.2) is 0 Å². The van der Waals surface area contributed by atoms with Gasteiger partial charge in [-0.25, -0.2) is 9.37 Å². The molecule has 5 nitrogen and oxygen atoms in total. The maximum Gasteiger partial charge on any atom is 0.230 e. The topological polar surface area (TPSA) is 63.2 Å². The first-order valence-electron chi connectivity index (χ1n) is 9.49. The fourth-order valence-corrected chi connectivity index (χ4v) is 4.34. The van der Waals surface area contributed by atoms with Crippen LogP contribution in [0.5, 0.6) is 5.88 Å². The average molecular weight is 367 g/mol. The fraction of sp³-hybridized carbons (Fsp3) is 0.429. The number of rotatable bonds is 4. The molecule has 0 bridgehead atoms. The Kier molecular flexibility index (Phi) is 3.72. The number of amides is 1. The second-order valence-electron chi connectivity index (χ2n) is 7.99. The Morgan fingerprint density at radius 2 is 1.93 bits per heavy atom. The summed E-state index contributed by atoms with van der Waals surface area (Å²) in [5.74, 6) is 1.39. The summed E-state index contributed by atoms with van der Waals surface area (Å²) in [6.07, 6.45) is 0.928. The van der Waals surface area contributed by atoms with Crippen molar-refractivity contribution >= 4 is 5.91 Å². The highest BCUT2D eigenvalue weighted by atomic mass is 19.1. The summed E-state index contributed by atoms with van der Waals surface area (Å²) in [4.78, 5) is 17.1. The Morgan fingerprint density at radius 3 is 2.59 bits per heavy atom. The summed E-state index contributed by atoms with van der Waals surface area (Å²) in [5, 5.41) is 6.28. The van der Waals surface area contributed by atoms with Crippen molar-refractivity contribution in [1.29, 1.82) is 0 Å². The Labute approximate surface area is 157 Å². The van der Waals surface area contributed by atoms with Gasteiger partial charge in [-0.15, -0.1) is 0 Å². The van der Waals surface area contributed by atoms with Gasteiger partial charge in [-0.05, 0) is 49.2 Å². The highest BCUT2D eigenvalue weighted by molar-refractivity contribution is 5.90. The van der Waals surface area contributed by atoms with Crippen molar-refractivity contribution in [2.75, 3.05) is 19.6 Å². The Hall–Kier alpha value is -2.47. The molecule has 3 heterocycles. The molecule has 3 aliphatic rings. The third-order valence-corrected chi connectivity index (χ3v) is 6.26. The van der Waals surface area contributed by atoms with E-state index in [1.807, 2.05) is 19.1 Å². The summed E-state index contributed by atoms with van der Waals surface area (Å²) in [6.45, 7) is 4.59. The second-order valence-corrected chi connectivity index (χ2v) is 7.99. The van der Waals surface area contributed by atoms with Crippen LogP contribution in [0.15, 0.2) is 36.4 Å². The Morgan fingerprint density at radius 1 is 1.19 bits per heavy atom. The molecule has 1 aliphatic carbocycles. The molecule has 1 amide bonds. The number of benzene rings is 1. The number of hydrogen-bond donors (Lipinski definition) is 2. The fourth-order valence-electron chi connectivity index (χ4n) is 4.34. The van der Waals surface area contributed by atoms with Gasteiger partial charge in [-0.1, -0.05) is 0 Å². The molecule has 27 heavy (non-hydrogen) atoms. The maximum absolute atomic E-state index is 13.3. The first kappa shape index (κ1) is 16.7. The van der Waals surface area contributed by atoms with E-state index in [1.165, 1.54) is 12.1 Å². The molecule has 0 spiro atoms. The summed E-state index contributed by atoms with van der Waals surface area (Å²) in [5.41, 5.74) is 1.80. The molecular formula is C21H22FN3O2. The van der Waals surface area contributed by atoms with E-state index in [4.69, 9.17) is 4.74 Å². The van der Waals surface area contributed by atoms with E-state index >= 15 is 0 Å². The van der Waals surface area contributed by atoms with Crippen LogP contribution in [0.2, 0.25) is 0 Å². The number of hydrogen-bond acceptors (Lipinski definition) is 4. The predicted octanol–water partition coefficient (Wildman–Crippen LogP) is 2.26. The summed E-state index contributed by atoms with van der Waals surface area (Å²) < 4.78 is 19.5. The molecule has 2 unspecified atom stereocenters. The van der Waals surface area contributed by atoms with E-state index < -0.39 is 5.41 Å². The van der Waals surface area contributed by atoms with Crippen molar-refractivity contribution in [2.45, 2.75) is 24.9 Å². The lowest BCUT2D eigenvalue weighted by Crippen LogP contribution is -2.32. The van der Waals surface area contributed by atoms with Crippen LogP contribution in [-0.2, 0) is 10.2 Å². The van der Waals surface area contributed by atoms with Crippen molar-refractivity contribution in [3.63, 3.8) is 0 Å². The second kappa shape index (κ2) is 6.02. The van der Waals surface area contributed by atoms with E-state index in [9.17, 15) is 9.18 Å². The van der Waals surface area contributed by atoms with Gasteiger partial charge in [0, 0.05) is 43.1 Å². The number of halogens is 1. The van der Waals surface area contributed by atoms with Crippen LogP contribution >= 0.6 is 0 Å². The van der Waals surface area contributed by atoms with E-state index in [2.05, 4.69) is 15.6 Å². The lowest BCUT2D eigenvalue weighted by atomic mass is 9.81. The molecule has 140 valence electrons. The van der Waals surface area contributed by atoms with E-state index in [1.54, 1.807) is 12.1 Å². The lowest BCUT2D eigenvalue weighted by Gasteiger charge is -2.22. The molecule has 2 aromatic rings. The van der Waals surface area contributed by atoms with Gasteiger partial charge in [0.25, 0.3) is 0 Å². The minimum absolute atomic E-state index is 0.0252. The van der Waals surface area contributed by atoms with E-state index in [0.717, 1.165) is 30.6 Å². The molecule has 2 saturated heterocycles. The van der Waals surface area contributed by atoms with Gasteiger partial charge in [0.2, 0.25) is 11.8 Å². The maximum atomic E-state index is 13.3. The number of nitrogens with one attached hydrogen (secondary N) is 2. The van der Waals surface area contributed by atoms with Crippen molar-refractivity contribution in [1.82, 2.24) is 15.6 Å². The minimum atomic E-state index is -0.600. The molecule has 1 aromatic carbocycles. The highest BCUT2D eigenvalue weighted by Gasteiger charge is 2.55. The molecule has 3 fully saturated rings. The number of aromatic nitrogens is 1.